The monoisotopic (exact) mass is 341 g/mol. The molecule has 0 unspecified atom stereocenters. The molecule has 23 heavy (non-hydrogen) atoms. The smallest absolute Gasteiger partial charge is 0.573 e. The Kier molecular flexibility index (Phi) is 3.52. The molecular formula is C15H7ClF3NO3. The fraction of sp³-hybridized carbons (Fsp3) is 0.0667. The zero-order chi connectivity index (χ0) is 16.8. The second-order valence-corrected chi connectivity index (χ2v) is 5.15. The molecule has 0 aromatic heterocycles. The molecule has 0 N–H and O–H groups in total. The van der Waals surface area contributed by atoms with Crippen LogP contribution >= 0.6 is 11.6 Å². The van der Waals surface area contributed by atoms with Gasteiger partial charge in [0.1, 0.15) is 11.3 Å². The maximum atomic E-state index is 12.4. The second-order valence-electron chi connectivity index (χ2n) is 4.71. The van der Waals surface area contributed by atoms with Gasteiger partial charge in [0, 0.05) is 11.1 Å². The third-order valence-corrected chi connectivity index (χ3v) is 3.42. The van der Waals surface area contributed by atoms with Crippen LogP contribution in [0, 0.1) is 5.21 Å². The molecule has 4 nitrogen and oxygen atoms in total. The Balaban J connectivity index is 2.05. The molecule has 0 aliphatic carbocycles. The minimum atomic E-state index is -4.86. The highest BCUT2D eigenvalue weighted by molar-refractivity contribution is 6.52. The molecular weight excluding hydrogens is 335 g/mol. The van der Waals surface area contributed by atoms with E-state index in [1.807, 2.05) is 0 Å². The average molecular weight is 342 g/mol. The van der Waals surface area contributed by atoms with Gasteiger partial charge in [-0.15, -0.1) is 13.2 Å². The van der Waals surface area contributed by atoms with Crippen LogP contribution in [0.4, 0.5) is 18.9 Å². The Morgan fingerprint density at radius 3 is 2.57 bits per heavy atom. The number of benzene rings is 2. The van der Waals surface area contributed by atoms with Crippen molar-refractivity contribution in [2.45, 2.75) is 6.36 Å². The fourth-order valence-corrected chi connectivity index (χ4v) is 2.47. The number of Topliss-reactive ketones (excluding diaryl/α,β-unsaturated/α-hetero) is 1. The lowest BCUT2D eigenvalue weighted by molar-refractivity contribution is -0.355. The lowest BCUT2D eigenvalue weighted by atomic mass is 10.0. The number of alkyl halides is 3. The molecule has 1 aliphatic rings. The van der Waals surface area contributed by atoms with Crippen LogP contribution in [0.15, 0.2) is 42.5 Å². The number of halogens is 4. The van der Waals surface area contributed by atoms with E-state index in [0.29, 0.717) is 4.74 Å². The number of ether oxygens (including phenoxy) is 1. The Hall–Kier alpha value is -2.54. The van der Waals surface area contributed by atoms with Crippen molar-refractivity contribution in [3.63, 3.8) is 0 Å². The maximum absolute atomic E-state index is 12.4. The molecule has 8 heteroatoms. The summed E-state index contributed by atoms with van der Waals surface area (Å²) in [6.07, 6.45) is -4.86. The topological polar surface area (TPSA) is 52.4 Å². The predicted octanol–water partition coefficient (Wildman–Crippen LogP) is 4.07. The number of carbonyl (C=O) groups excluding carboxylic acids is 1. The van der Waals surface area contributed by atoms with Gasteiger partial charge in [-0.3, -0.25) is 4.79 Å². The number of fused-ring (bicyclic) bond motifs is 1. The van der Waals surface area contributed by atoms with E-state index >= 15 is 0 Å². The van der Waals surface area contributed by atoms with Crippen molar-refractivity contribution in [2.75, 3.05) is 0 Å². The molecule has 118 valence electrons. The van der Waals surface area contributed by atoms with Gasteiger partial charge in [0.2, 0.25) is 5.69 Å². The van der Waals surface area contributed by atoms with Gasteiger partial charge >= 0.3 is 6.36 Å². The lowest BCUT2D eigenvalue weighted by Gasteiger charge is -2.09. The van der Waals surface area contributed by atoms with Crippen molar-refractivity contribution >= 4 is 28.8 Å². The van der Waals surface area contributed by atoms with Crippen LogP contribution < -0.4 is 4.74 Å². The molecule has 2 aromatic carbocycles. The Morgan fingerprint density at radius 1 is 1.13 bits per heavy atom. The molecule has 0 bridgehead atoms. The van der Waals surface area contributed by atoms with Gasteiger partial charge in [0.05, 0.1) is 5.56 Å². The van der Waals surface area contributed by atoms with Gasteiger partial charge in [-0.05, 0) is 30.3 Å². The van der Waals surface area contributed by atoms with E-state index in [4.69, 9.17) is 11.6 Å². The van der Waals surface area contributed by atoms with Crippen LogP contribution in [-0.2, 0) is 0 Å². The zero-order valence-electron chi connectivity index (χ0n) is 11.2. The normalized spacial score (nSPS) is 14.2. The number of hydrogen-bond acceptors (Lipinski definition) is 3. The van der Waals surface area contributed by atoms with Crippen LogP contribution in [0.1, 0.15) is 15.9 Å². The van der Waals surface area contributed by atoms with Crippen LogP contribution in [0.2, 0.25) is 5.02 Å². The first-order valence-electron chi connectivity index (χ1n) is 6.31. The quantitative estimate of drug-likeness (QED) is 0.611. The molecule has 0 atom stereocenters. The summed E-state index contributed by atoms with van der Waals surface area (Å²) in [5, 5.41) is 12.5. The van der Waals surface area contributed by atoms with Crippen molar-refractivity contribution in [3.05, 3.63) is 63.8 Å². The highest BCUT2D eigenvalue weighted by atomic mass is 35.5. The zero-order valence-corrected chi connectivity index (χ0v) is 12.0. The van der Waals surface area contributed by atoms with E-state index in [1.165, 1.54) is 30.3 Å². The summed E-state index contributed by atoms with van der Waals surface area (Å²) in [4.78, 5) is 12.4. The lowest BCUT2D eigenvalue weighted by Crippen LogP contribution is -2.19. The molecule has 0 saturated carbocycles. The van der Waals surface area contributed by atoms with Crippen molar-refractivity contribution in [3.8, 4) is 5.75 Å². The minimum Gasteiger partial charge on any atom is -0.618 e. The molecule has 1 heterocycles. The van der Waals surface area contributed by atoms with Crippen LogP contribution in [-0.4, -0.2) is 22.6 Å². The van der Waals surface area contributed by atoms with Crippen molar-refractivity contribution in [1.82, 2.24) is 0 Å². The van der Waals surface area contributed by atoms with Crippen LogP contribution in [0.3, 0.4) is 0 Å². The summed E-state index contributed by atoms with van der Waals surface area (Å²) in [7, 11) is 0. The van der Waals surface area contributed by atoms with E-state index in [0.717, 1.165) is 12.1 Å². The molecule has 0 amide bonds. The van der Waals surface area contributed by atoms with E-state index < -0.39 is 17.9 Å². The second kappa shape index (κ2) is 5.27. The molecule has 0 saturated heterocycles. The first-order chi connectivity index (χ1) is 10.8. The fourth-order valence-electron chi connectivity index (χ4n) is 2.30. The summed E-state index contributed by atoms with van der Waals surface area (Å²) in [5.74, 6) is -1.13. The Labute approximate surface area is 133 Å². The number of rotatable bonds is 2. The third kappa shape index (κ3) is 2.87. The molecule has 2 aromatic rings. The maximum Gasteiger partial charge on any atom is 0.573 e. The highest BCUT2D eigenvalue weighted by Crippen LogP contribution is 2.31. The molecule has 3 rings (SSSR count). The molecule has 0 radical (unpaired) electrons. The van der Waals surface area contributed by atoms with Gasteiger partial charge in [-0.2, -0.15) is 4.74 Å². The van der Waals surface area contributed by atoms with E-state index in [2.05, 4.69) is 4.74 Å². The summed E-state index contributed by atoms with van der Waals surface area (Å²) >= 11 is 5.80. The van der Waals surface area contributed by atoms with Crippen molar-refractivity contribution in [1.29, 1.82) is 0 Å². The summed E-state index contributed by atoms with van der Waals surface area (Å²) < 4.78 is 41.0. The SMILES string of the molecule is O=C1C(c2cccc(OC(F)(F)F)c2)=[N+]([O-])c2ccc(Cl)cc21. The number of hydrogen-bond donors (Lipinski definition) is 0. The first kappa shape index (κ1) is 15.4. The Morgan fingerprint density at radius 2 is 1.87 bits per heavy atom. The van der Waals surface area contributed by atoms with Gasteiger partial charge in [0.15, 0.2) is 0 Å². The van der Waals surface area contributed by atoms with Crippen molar-refractivity contribution < 1.29 is 27.4 Å². The minimum absolute atomic E-state index is 0.0269. The molecule has 0 spiro atoms. The summed E-state index contributed by atoms with van der Waals surface area (Å²) in [6.45, 7) is 0. The van der Waals surface area contributed by atoms with Crippen molar-refractivity contribution in [2.24, 2.45) is 0 Å². The van der Waals surface area contributed by atoms with E-state index in [1.54, 1.807) is 0 Å². The number of nitrogens with zero attached hydrogens (tertiary/aromatic N) is 1. The summed E-state index contributed by atoms with van der Waals surface area (Å²) in [5.41, 5.74) is -0.0600. The van der Waals surface area contributed by atoms with E-state index in [-0.39, 0.29) is 27.5 Å². The molecule has 1 aliphatic heterocycles. The number of carbonyl (C=O) groups is 1. The largest absolute Gasteiger partial charge is 0.618 e. The third-order valence-electron chi connectivity index (χ3n) is 3.18. The Bertz CT molecular complexity index is 846. The first-order valence-corrected chi connectivity index (χ1v) is 6.69. The van der Waals surface area contributed by atoms with Gasteiger partial charge in [-0.1, -0.05) is 17.7 Å². The average Bonchev–Trinajstić information content (AvgIpc) is 2.69. The predicted molar refractivity (Wildman–Crippen MR) is 76.3 cm³/mol. The summed E-state index contributed by atoms with van der Waals surface area (Å²) in [6, 6.07) is 8.86. The van der Waals surface area contributed by atoms with Crippen LogP contribution in [0.5, 0.6) is 5.75 Å². The standard InChI is InChI=1S/C15H7ClF3NO3/c16-9-4-5-12-11(7-9)14(21)13(20(12)22)8-2-1-3-10(6-8)23-15(17,18)19/h1-7H. The highest BCUT2D eigenvalue weighted by Gasteiger charge is 2.37. The van der Waals surface area contributed by atoms with Gasteiger partial charge < -0.3 is 9.94 Å². The molecule has 0 fully saturated rings. The van der Waals surface area contributed by atoms with Gasteiger partial charge in [0.25, 0.3) is 11.5 Å². The van der Waals surface area contributed by atoms with Crippen LogP contribution in [0.25, 0.3) is 0 Å². The van der Waals surface area contributed by atoms with E-state index in [9.17, 15) is 23.2 Å². The number of ketones is 1. The van der Waals surface area contributed by atoms with Gasteiger partial charge in [-0.25, -0.2) is 0 Å².